The standard InChI is InChI=1S/C8H15ClF2/c1-8(2,6-9)5-3-4-7(10)11/h7H,3-6H2,1-2H3. The van der Waals surface area contributed by atoms with Crippen LogP contribution < -0.4 is 0 Å². The van der Waals surface area contributed by atoms with Crippen LogP contribution in [0.15, 0.2) is 0 Å². The molecule has 0 aliphatic carbocycles. The average molecular weight is 185 g/mol. The van der Waals surface area contributed by atoms with Crippen molar-refractivity contribution >= 4 is 11.6 Å². The van der Waals surface area contributed by atoms with Gasteiger partial charge in [0.1, 0.15) is 0 Å². The van der Waals surface area contributed by atoms with E-state index in [1.807, 2.05) is 13.8 Å². The highest BCUT2D eigenvalue weighted by molar-refractivity contribution is 6.18. The van der Waals surface area contributed by atoms with Crippen molar-refractivity contribution in [3.8, 4) is 0 Å². The second-order valence-electron chi connectivity index (χ2n) is 3.58. The van der Waals surface area contributed by atoms with Gasteiger partial charge in [-0.15, -0.1) is 11.6 Å². The third-order valence-corrected chi connectivity index (χ3v) is 2.36. The van der Waals surface area contributed by atoms with Crippen LogP contribution in [0, 0.1) is 5.41 Å². The Kier molecular flexibility index (Phi) is 4.98. The van der Waals surface area contributed by atoms with Gasteiger partial charge in [0.2, 0.25) is 6.43 Å². The fraction of sp³-hybridized carbons (Fsp3) is 1.00. The summed E-state index contributed by atoms with van der Waals surface area (Å²) in [7, 11) is 0. The molecule has 0 nitrogen and oxygen atoms in total. The van der Waals surface area contributed by atoms with Crippen molar-refractivity contribution in [3.05, 3.63) is 0 Å². The topological polar surface area (TPSA) is 0 Å². The molecule has 0 fully saturated rings. The van der Waals surface area contributed by atoms with Crippen LogP contribution in [0.1, 0.15) is 33.1 Å². The van der Waals surface area contributed by atoms with Crippen molar-refractivity contribution in [1.82, 2.24) is 0 Å². The molecule has 0 N–H and O–H groups in total. The minimum Gasteiger partial charge on any atom is -0.211 e. The fourth-order valence-electron chi connectivity index (χ4n) is 0.802. The molecule has 0 aromatic rings. The van der Waals surface area contributed by atoms with Crippen LogP contribution in [0.25, 0.3) is 0 Å². The summed E-state index contributed by atoms with van der Waals surface area (Å²) in [6.45, 7) is 3.98. The van der Waals surface area contributed by atoms with E-state index in [-0.39, 0.29) is 11.8 Å². The monoisotopic (exact) mass is 184 g/mol. The molecule has 0 rings (SSSR count). The maximum absolute atomic E-state index is 11.7. The van der Waals surface area contributed by atoms with E-state index in [1.54, 1.807) is 0 Å². The molecule has 11 heavy (non-hydrogen) atoms. The van der Waals surface area contributed by atoms with E-state index in [2.05, 4.69) is 0 Å². The summed E-state index contributed by atoms with van der Waals surface area (Å²) in [5, 5.41) is 0. The van der Waals surface area contributed by atoms with Crippen LogP contribution >= 0.6 is 11.6 Å². The first-order valence-corrected chi connectivity index (χ1v) is 4.35. The Morgan fingerprint density at radius 2 is 1.91 bits per heavy atom. The molecule has 68 valence electrons. The highest BCUT2D eigenvalue weighted by atomic mass is 35.5. The first kappa shape index (κ1) is 11.2. The van der Waals surface area contributed by atoms with Crippen molar-refractivity contribution in [1.29, 1.82) is 0 Å². The number of hydrogen-bond acceptors (Lipinski definition) is 0. The van der Waals surface area contributed by atoms with Crippen molar-refractivity contribution in [2.45, 2.75) is 39.5 Å². The Morgan fingerprint density at radius 1 is 1.36 bits per heavy atom. The summed E-state index contributed by atoms with van der Waals surface area (Å²) < 4.78 is 23.4. The van der Waals surface area contributed by atoms with Gasteiger partial charge in [0.15, 0.2) is 0 Å². The van der Waals surface area contributed by atoms with Crippen LogP contribution in [0.2, 0.25) is 0 Å². The van der Waals surface area contributed by atoms with E-state index in [9.17, 15) is 8.78 Å². The molecule has 0 saturated heterocycles. The highest BCUT2D eigenvalue weighted by Crippen LogP contribution is 2.25. The second-order valence-corrected chi connectivity index (χ2v) is 3.85. The van der Waals surface area contributed by atoms with E-state index in [1.165, 1.54) is 0 Å². The smallest absolute Gasteiger partial charge is 0.211 e. The maximum Gasteiger partial charge on any atom is 0.238 e. The number of halogens is 3. The summed E-state index contributed by atoms with van der Waals surface area (Å²) in [6, 6.07) is 0. The van der Waals surface area contributed by atoms with Crippen LogP contribution in [-0.4, -0.2) is 12.3 Å². The number of hydrogen-bond donors (Lipinski definition) is 0. The SMILES string of the molecule is CC(C)(CCl)CCCC(F)F. The van der Waals surface area contributed by atoms with Crippen LogP contribution in [-0.2, 0) is 0 Å². The van der Waals surface area contributed by atoms with Gasteiger partial charge < -0.3 is 0 Å². The van der Waals surface area contributed by atoms with E-state index in [0.29, 0.717) is 12.3 Å². The summed E-state index contributed by atoms with van der Waals surface area (Å²) in [5.74, 6) is 0.538. The molecule has 0 amide bonds. The van der Waals surface area contributed by atoms with Gasteiger partial charge >= 0.3 is 0 Å². The Bertz CT molecular complexity index is 102. The lowest BCUT2D eigenvalue weighted by Gasteiger charge is -2.20. The van der Waals surface area contributed by atoms with Gasteiger partial charge in [0.05, 0.1) is 0 Å². The molecule has 0 aromatic carbocycles. The molecule has 0 saturated carbocycles. The molecule has 0 spiro atoms. The molecular formula is C8H15ClF2. The zero-order valence-corrected chi connectivity index (χ0v) is 7.80. The number of alkyl halides is 3. The molecule has 3 heteroatoms. The lowest BCUT2D eigenvalue weighted by atomic mass is 9.89. The lowest BCUT2D eigenvalue weighted by molar-refractivity contribution is 0.129. The normalized spacial score (nSPS) is 12.5. The van der Waals surface area contributed by atoms with Gasteiger partial charge in [-0.3, -0.25) is 0 Å². The summed E-state index contributed by atoms with van der Waals surface area (Å²) in [5.41, 5.74) is 0.0104. The van der Waals surface area contributed by atoms with Gasteiger partial charge in [-0.25, -0.2) is 8.78 Å². The molecule has 0 heterocycles. The Morgan fingerprint density at radius 3 is 2.27 bits per heavy atom. The van der Waals surface area contributed by atoms with Crippen molar-refractivity contribution in [2.75, 3.05) is 5.88 Å². The third-order valence-electron chi connectivity index (χ3n) is 1.64. The zero-order chi connectivity index (χ0) is 8.91. The van der Waals surface area contributed by atoms with Crippen LogP contribution in [0.5, 0.6) is 0 Å². The van der Waals surface area contributed by atoms with Crippen molar-refractivity contribution in [2.24, 2.45) is 5.41 Å². The molecule has 0 atom stereocenters. The maximum atomic E-state index is 11.7. The van der Waals surface area contributed by atoms with E-state index < -0.39 is 6.43 Å². The van der Waals surface area contributed by atoms with Gasteiger partial charge in [0.25, 0.3) is 0 Å². The van der Waals surface area contributed by atoms with Crippen LogP contribution in [0.4, 0.5) is 8.78 Å². The highest BCUT2D eigenvalue weighted by Gasteiger charge is 2.16. The Balaban J connectivity index is 3.38. The summed E-state index contributed by atoms with van der Waals surface area (Å²) in [4.78, 5) is 0. The van der Waals surface area contributed by atoms with E-state index >= 15 is 0 Å². The quantitative estimate of drug-likeness (QED) is 0.572. The molecule has 0 radical (unpaired) electrons. The third kappa shape index (κ3) is 6.54. The van der Waals surface area contributed by atoms with Gasteiger partial charge in [0, 0.05) is 12.3 Å². The van der Waals surface area contributed by atoms with E-state index in [4.69, 9.17) is 11.6 Å². The largest absolute Gasteiger partial charge is 0.238 e. The predicted octanol–water partition coefficient (Wildman–Crippen LogP) is 3.69. The predicted molar refractivity (Wildman–Crippen MR) is 44.4 cm³/mol. The first-order chi connectivity index (χ1) is 4.98. The average Bonchev–Trinajstić information content (AvgIpc) is 1.87. The van der Waals surface area contributed by atoms with Gasteiger partial charge in [-0.05, 0) is 18.3 Å². The first-order valence-electron chi connectivity index (χ1n) is 3.82. The van der Waals surface area contributed by atoms with E-state index in [0.717, 1.165) is 6.42 Å². The Labute approximate surface area is 71.9 Å². The number of rotatable bonds is 5. The summed E-state index contributed by atoms with van der Waals surface area (Å²) in [6.07, 6.45) is -0.820. The second kappa shape index (κ2) is 4.91. The van der Waals surface area contributed by atoms with Crippen LogP contribution in [0.3, 0.4) is 0 Å². The fourth-order valence-corrected chi connectivity index (χ4v) is 0.935. The zero-order valence-electron chi connectivity index (χ0n) is 7.04. The molecular weight excluding hydrogens is 170 g/mol. The minimum absolute atomic E-state index is 0.000316. The molecule has 0 aliphatic heterocycles. The lowest BCUT2D eigenvalue weighted by Crippen LogP contribution is -2.13. The minimum atomic E-state index is -2.17. The Hall–Kier alpha value is 0.150. The summed E-state index contributed by atoms with van der Waals surface area (Å²) >= 11 is 5.62. The molecule has 0 bridgehead atoms. The van der Waals surface area contributed by atoms with Gasteiger partial charge in [-0.1, -0.05) is 13.8 Å². The van der Waals surface area contributed by atoms with Gasteiger partial charge in [-0.2, -0.15) is 0 Å². The molecule has 0 aromatic heterocycles. The van der Waals surface area contributed by atoms with Crippen molar-refractivity contribution in [3.63, 3.8) is 0 Å². The molecule has 0 aliphatic rings. The van der Waals surface area contributed by atoms with Crippen molar-refractivity contribution < 1.29 is 8.78 Å². The molecule has 0 unspecified atom stereocenters.